The number of benzene rings is 2. The number of ether oxygens (including phenoxy) is 3. The van der Waals surface area contributed by atoms with Gasteiger partial charge in [-0.25, -0.2) is 9.18 Å². The molecule has 0 atom stereocenters. The number of carbonyl (C=O) groups excluding carboxylic acids is 3. The molecule has 0 saturated carbocycles. The monoisotopic (exact) mass is 417 g/mol. The third-order valence-corrected chi connectivity index (χ3v) is 3.90. The smallest absolute Gasteiger partial charge is 0.338 e. The minimum Gasteiger partial charge on any atom is -0.493 e. The first kappa shape index (κ1) is 22.9. The Morgan fingerprint density at radius 3 is 2.40 bits per heavy atom. The molecule has 0 aromatic heterocycles. The van der Waals surface area contributed by atoms with Crippen molar-refractivity contribution >= 4 is 23.3 Å². The largest absolute Gasteiger partial charge is 0.493 e. The Balaban J connectivity index is 2.03. The zero-order chi connectivity index (χ0) is 22.3. The van der Waals surface area contributed by atoms with Crippen molar-refractivity contribution in [2.24, 2.45) is 5.92 Å². The van der Waals surface area contributed by atoms with Crippen LogP contribution < -0.4 is 14.8 Å². The van der Waals surface area contributed by atoms with Gasteiger partial charge in [-0.2, -0.15) is 0 Å². The molecule has 0 saturated heterocycles. The van der Waals surface area contributed by atoms with Crippen LogP contribution >= 0.6 is 0 Å². The summed E-state index contributed by atoms with van der Waals surface area (Å²) in [4.78, 5) is 35.5. The van der Waals surface area contributed by atoms with Gasteiger partial charge in [0.2, 0.25) is 11.7 Å². The molecule has 0 bridgehead atoms. The number of halogens is 1. The van der Waals surface area contributed by atoms with Crippen molar-refractivity contribution in [3.8, 4) is 11.5 Å². The molecule has 1 N–H and O–H groups in total. The lowest BCUT2D eigenvalue weighted by atomic mass is 10.1. The molecular weight excluding hydrogens is 393 g/mol. The fourth-order valence-electron chi connectivity index (χ4n) is 2.48. The number of amides is 1. The third kappa shape index (κ3) is 6.30. The second-order valence-electron chi connectivity index (χ2n) is 6.95. The van der Waals surface area contributed by atoms with Gasteiger partial charge in [0, 0.05) is 12.6 Å². The van der Waals surface area contributed by atoms with Gasteiger partial charge in [-0.1, -0.05) is 13.8 Å². The number of Topliss-reactive ketones (excluding diaryl/α,β-unsaturated/α-hetero) is 1. The standard InChI is InChI=1S/C22H24FNO6/c1-13(2)11-29-20-8-5-15(9-21(20)28-4)22(27)30-12-19(26)17-7-6-16(10-18(17)23)24-14(3)25/h5-10,13H,11-12H2,1-4H3,(H,24,25). The topological polar surface area (TPSA) is 90.9 Å². The van der Waals surface area contributed by atoms with Gasteiger partial charge in [-0.3, -0.25) is 9.59 Å². The summed E-state index contributed by atoms with van der Waals surface area (Å²) < 4.78 is 30.0. The lowest BCUT2D eigenvalue weighted by Gasteiger charge is -2.13. The predicted molar refractivity (Wildman–Crippen MR) is 109 cm³/mol. The number of methoxy groups -OCH3 is 1. The van der Waals surface area contributed by atoms with E-state index < -0.39 is 24.2 Å². The highest BCUT2D eigenvalue weighted by Crippen LogP contribution is 2.29. The quantitative estimate of drug-likeness (QED) is 0.492. The van der Waals surface area contributed by atoms with Crippen LogP contribution in [-0.2, 0) is 9.53 Å². The molecule has 8 heteroatoms. The number of rotatable bonds is 9. The van der Waals surface area contributed by atoms with Crippen LogP contribution in [0.2, 0.25) is 0 Å². The second kappa shape index (κ2) is 10.4. The van der Waals surface area contributed by atoms with Crippen molar-refractivity contribution in [2.75, 3.05) is 25.6 Å². The van der Waals surface area contributed by atoms with E-state index in [0.717, 1.165) is 6.07 Å². The number of carbonyl (C=O) groups is 3. The summed E-state index contributed by atoms with van der Waals surface area (Å²) in [5.41, 5.74) is 0.144. The summed E-state index contributed by atoms with van der Waals surface area (Å²) in [6.07, 6.45) is 0. The minimum absolute atomic E-state index is 0.165. The van der Waals surface area contributed by atoms with Crippen LogP contribution in [0.4, 0.5) is 10.1 Å². The van der Waals surface area contributed by atoms with Crippen LogP contribution in [0.5, 0.6) is 11.5 Å². The van der Waals surface area contributed by atoms with E-state index >= 15 is 0 Å². The molecule has 0 spiro atoms. The maximum absolute atomic E-state index is 14.1. The number of hydrogen-bond acceptors (Lipinski definition) is 6. The van der Waals surface area contributed by atoms with E-state index in [1.165, 1.54) is 38.3 Å². The number of hydrogen-bond donors (Lipinski definition) is 1. The highest BCUT2D eigenvalue weighted by molar-refractivity contribution is 6.00. The Morgan fingerprint density at radius 1 is 1.07 bits per heavy atom. The van der Waals surface area contributed by atoms with Crippen LogP contribution in [0, 0.1) is 11.7 Å². The molecule has 0 aliphatic rings. The highest BCUT2D eigenvalue weighted by Gasteiger charge is 2.17. The Hall–Kier alpha value is -3.42. The van der Waals surface area contributed by atoms with Crippen molar-refractivity contribution in [2.45, 2.75) is 20.8 Å². The molecule has 160 valence electrons. The van der Waals surface area contributed by atoms with Crippen molar-refractivity contribution in [1.29, 1.82) is 0 Å². The van der Waals surface area contributed by atoms with Gasteiger partial charge in [0.25, 0.3) is 0 Å². The van der Waals surface area contributed by atoms with Crippen LogP contribution in [0.1, 0.15) is 41.5 Å². The predicted octanol–water partition coefficient (Wildman–Crippen LogP) is 3.87. The average molecular weight is 417 g/mol. The summed E-state index contributed by atoms with van der Waals surface area (Å²) in [5, 5.41) is 2.42. The molecular formula is C22H24FNO6. The Morgan fingerprint density at radius 2 is 1.80 bits per heavy atom. The summed E-state index contributed by atoms with van der Waals surface area (Å²) >= 11 is 0. The van der Waals surface area contributed by atoms with Crippen LogP contribution in [-0.4, -0.2) is 38.0 Å². The second-order valence-corrected chi connectivity index (χ2v) is 6.95. The molecule has 0 radical (unpaired) electrons. The molecule has 30 heavy (non-hydrogen) atoms. The van der Waals surface area contributed by atoms with E-state index in [4.69, 9.17) is 14.2 Å². The molecule has 2 aromatic carbocycles. The van der Waals surface area contributed by atoms with E-state index in [2.05, 4.69) is 5.32 Å². The molecule has 0 heterocycles. The fourth-order valence-corrected chi connectivity index (χ4v) is 2.48. The average Bonchev–Trinajstić information content (AvgIpc) is 2.69. The third-order valence-electron chi connectivity index (χ3n) is 3.90. The first-order valence-corrected chi connectivity index (χ1v) is 9.29. The van der Waals surface area contributed by atoms with Crippen LogP contribution in [0.25, 0.3) is 0 Å². The van der Waals surface area contributed by atoms with Crippen molar-refractivity contribution in [1.82, 2.24) is 0 Å². The molecule has 7 nitrogen and oxygen atoms in total. The molecule has 2 aromatic rings. The molecule has 0 aliphatic carbocycles. The maximum atomic E-state index is 14.1. The molecule has 1 amide bonds. The number of ketones is 1. The van der Waals surface area contributed by atoms with Crippen molar-refractivity contribution in [3.05, 3.63) is 53.3 Å². The Kier molecular flexibility index (Phi) is 7.91. The van der Waals surface area contributed by atoms with Crippen molar-refractivity contribution < 1.29 is 33.0 Å². The van der Waals surface area contributed by atoms with E-state index in [9.17, 15) is 18.8 Å². The first-order chi connectivity index (χ1) is 14.2. The van der Waals surface area contributed by atoms with Gasteiger partial charge in [0.05, 0.1) is 24.8 Å². The lowest BCUT2D eigenvalue weighted by Crippen LogP contribution is -2.16. The van der Waals surface area contributed by atoms with E-state index in [1.54, 1.807) is 6.07 Å². The molecule has 2 rings (SSSR count). The maximum Gasteiger partial charge on any atom is 0.338 e. The Bertz CT molecular complexity index is 941. The SMILES string of the molecule is COc1cc(C(=O)OCC(=O)c2ccc(NC(C)=O)cc2F)ccc1OCC(C)C. The number of anilines is 1. The van der Waals surface area contributed by atoms with E-state index in [0.29, 0.717) is 24.0 Å². The van der Waals surface area contributed by atoms with E-state index in [1.807, 2.05) is 13.8 Å². The zero-order valence-electron chi connectivity index (χ0n) is 17.3. The van der Waals surface area contributed by atoms with E-state index in [-0.39, 0.29) is 22.7 Å². The highest BCUT2D eigenvalue weighted by atomic mass is 19.1. The number of esters is 1. The van der Waals surface area contributed by atoms with Gasteiger partial charge in [0.1, 0.15) is 5.82 Å². The summed E-state index contributed by atoms with van der Waals surface area (Å²) in [5.74, 6) is -1.49. The summed E-state index contributed by atoms with van der Waals surface area (Å²) in [7, 11) is 1.45. The van der Waals surface area contributed by atoms with Crippen LogP contribution in [0.15, 0.2) is 36.4 Å². The van der Waals surface area contributed by atoms with Crippen molar-refractivity contribution in [3.63, 3.8) is 0 Å². The van der Waals surface area contributed by atoms with Gasteiger partial charge in [0.15, 0.2) is 18.1 Å². The van der Waals surface area contributed by atoms with Gasteiger partial charge < -0.3 is 19.5 Å². The summed E-state index contributed by atoms with van der Waals surface area (Å²) in [6, 6.07) is 8.16. The van der Waals surface area contributed by atoms with Gasteiger partial charge in [-0.05, 0) is 42.3 Å². The zero-order valence-corrected chi connectivity index (χ0v) is 17.3. The summed E-state index contributed by atoms with van der Waals surface area (Å²) in [6.45, 7) is 5.15. The van der Waals surface area contributed by atoms with Gasteiger partial charge >= 0.3 is 5.97 Å². The molecule has 0 unspecified atom stereocenters. The lowest BCUT2D eigenvalue weighted by molar-refractivity contribution is -0.114. The van der Waals surface area contributed by atoms with Crippen LogP contribution in [0.3, 0.4) is 0 Å². The number of nitrogens with one attached hydrogen (secondary N) is 1. The first-order valence-electron chi connectivity index (χ1n) is 9.29. The molecule has 0 fully saturated rings. The van der Waals surface area contributed by atoms with Gasteiger partial charge in [-0.15, -0.1) is 0 Å². The molecule has 0 aliphatic heterocycles. The minimum atomic E-state index is -0.823. The normalized spacial score (nSPS) is 10.5. The fraction of sp³-hybridized carbons (Fsp3) is 0.318. The Labute approximate surface area is 174 Å².